The largest absolute Gasteiger partial charge is 0.508 e. The fraction of sp³-hybridized carbons (Fsp3) is 0.0588. The van der Waals surface area contributed by atoms with Crippen LogP contribution in [0.3, 0.4) is 0 Å². The highest BCUT2D eigenvalue weighted by Crippen LogP contribution is 2.28. The summed E-state index contributed by atoms with van der Waals surface area (Å²) in [5, 5.41) is 9.72. The average molecular weight is 277 g/mol. The van der Waals surface area contributed by atoms with Crippen molar-refractivity contribution in [2.75, 3.05) is 4.90 Å². The summed E-state index contributed by atoms with van der Waals surface area (Å²) in [4.78, 5) is 10.5. The summed E-state index contributed by atoms with van der Waals surface area (Å²) in [6.45, 7) is 0.656. The van der Waals surface area contributed by atoms with Crippen molar-refractivity contribution < 1.29 is 5.11 Å². The first kappa shape index (κ1) is 13.1. The Hall–Kier alpha value is -2.88. The molecule has 0 amide bonds. The molecule has 104 valence electrons. The second-order valence-corrected chi connectivity index (χ2v) is 4.65. The minimum atomic E-state index is 0.239. The monoisotopic (exact) mass is 277 g/mol. The Morgan fingerprint density at radius 2 is 1.76 bits per heavy atom. The maximum absolute atomic E-state index is 9.72. The molecule has 0 bridgehead atoms. The summed E-state index contributed by atoms with van der Waals surface area (Å²) in [5.74, 6) is 1.07. The minimum absolute atomic E-state index is 0.239. The number of aromatic hydroxyl groups is 1. The van der Waals surface area contributed by atoms with Crippen molar-refractivity contribution in [3.05, 3.63) is 78.8 Å². The maximum atomic E-state index is 9.72. The third-order valence-electron chi connectivity index (χ3n) is 3.16. The highest BCUT2D eigenvalue weighted by atomic mass is 16.3. The molecule has 3 rings (SSSR count). The van der Waals surface area contributed by atoms with Crippen molar-refractivity contribution in [2.45, 2.75) is 6.54 Å². The van der Waals surface area contributed by atoms with Crippen molar-refractivity contribution in [2.24, 2.45) is 0 Å². The van der Waals surface area contributed by atoms with Crippen molar-refractivity contribution in [1.29, 1.82) is 0 Å². The number of nitrogens with zero attached hydrogens (tertiary/aromatic N) is 3. The van der Waals surface area contributed by atoms with Crippen molar-refractivity contribution in [3.8, 4) is 5.75 Å². The van der Waals surface area contributed by atoms with E-state index in [0.29, 0.717) is 6.54 Å². The third kappa shape index (κ3) is 3.17. The second-order valence-electron chi connectivity index (χ2n) is 4.65. The summed E-state index contributed by atoms with van der Waals surface area (Å²) >= 11 is 0. The lowest BCUT2D eigenvalue weighted by Gasteiger charge is -2.24. The zero-order valence-electron chi connectivity index (χ0n) is 11.4. The first-order chi connectivity index (χ1) is 10.3. The SMILES string of the molecule is Oc1cccc(N(Cc2ccncc2)c2ccccn2)c1. The van der Waals surface area contributed by atoms with Gasteiger partial charge in [0.1, 0.15) is 11.6 Å². The number of pyridine rings is 2. The van der Waals surface area contributed by atoms with Gasteiger partial charge in [0, 0.05) is 36.9 Å². The number of rotatable bonds is 4. The normalized spacial score (nSPS) is 10.3. The van der Waals surface area contributed by atoms with E-state index in [2.05, 4.69) is 14.9 Å². The summed E-state index contributed by atoms with van der Waals surface area (Å²) in [7, 11) is 0. The van der Waals surface area contributed by atoms with Gasteiger partial charge in [0.2, 0.25) is 0 Å². The molecule has 2 aromatic heterocycles. The van der Waals surface area contributed by atoms with Gasteiger partial charge < -0.3 is 10.0 Å². The van der Waals surface area contributed by atoms with Gasteiger partial charge in [-0.05, 0) is 42.0 Å². The third-order valence-corrected chi connectivity index (χ3v) is 3.16. The predicted octanol–water partition coefficient (Wildman–Crippen LogP) is 3.52. The number of benzene rings is 1. The lowest BCUT2D eigenvalue weighted by molar-refractivity contribution is 0.475. The molecule has 1 N–H and O–H groups in total. The first-order valence-corrected chi connectivity index (χ1v) is 6.69. The second kappa shape index (κ2) is 6.05. The first-order valence-electron chi connectivity index (χ1n) is 6.69. The quantitative estimate of drug-likeness (QED) is 0.792. The summed E-state index contributed by atoms with van der Waals surface area (Å²) in [6.07, 6.45) is 5.31. The number of anilines is 2. The van der Waals surface area contributed by atoms with Crippen LogP contribution in [-0.4, -0.2) is 15.1 Å². The molecule has 4 nitrogen and oxygen atoms in total. The molecule has 0 radical (unpaired) electrons. The Kier molecular flexibility index (Phi) is 3.78. The number of hydrogen-bond donors (Lipinski definition) is 1. The summed E-state index contributed by atoms with van der Waals surface area (Å²) in [5.41, 5.74) is 2.02. The molecule has 4 heteroatoms. The van der Waals surface area contributed by atoms with Crippen LogP contribution in [0.5, 0.6) is 5.75 Å². The number of hydrogen-bond acceptors (Lipinski definition) is 4. The van der Waals surface area contributed by atoms with Crippen LogP contribution in [0.25, 0.3) is 0 Å². The Balaban J connectivity index is 1.99. The smallest absolute Gasteiger partial charge is 0.133 e. The van der Waals surface area contributed by atoms with Crippen LogP contribution < -0.4 is 4.90 Å². The average Bonchev–Trinajstić information content (AvgIpc) is 2.54. The van der Waals surface area contributed by atoms with Gasteiger partial charge in [-0.2, -0.15) is 0 Å². The standard InChI is InChI=1S/C17H15N3O/c21-16-5-3-4-15(12-16)20(17-6-1-2-9-19-17)13-14-7-10-18-11-8-14/h1-12,21H,13H2. The molecular weight excluding hydrogens is 262 g/mol. The number of phenols is 1. The molecule has 3 aromatic rings. The van der Waals surface area contributed by atoms with Crippen molar-refractivity contribution in [3.63, 3.8) is 0 Å². The molecule has 0 aliphatic carbocycles. The molecule has 0 aliphatic heterocycles. The highest BCUT2D eigenvalue weighted by molar-refractivity contribution is 5.61. The molecule has 0 saturated carbocycles. The lowest BCUT2D eigenvalue weighted by atomic mass is 10.2. The van der Waals surface area contributed by atoms with E-state index in [1.807, 2.05) is 42.5 Å². The molecule has 0 spiro atoms. The Morgan fingerprint density at radius 1 is 0.905 bits per heavy atom. The van der Waals surface area contributed by atoms with Crippen LogP contribution >= 0.6 is 0 Å². The molecular formula is C17H15N3O. The Labute approximate surface area is 123 Å². The van der Waals surface area contributed by atoms with Gasteiger partial charge in [-0.15, -0.1) is 0 Å². The molecule has 0 atom stereocenters. The van der Waals surface area contributed by atoms with Crippen LogP contribution in [0.15, 0.2) is 73.2 Å². The molecule has 0 fully saturated rings. The van der Waals surface area contributed by atoms with Crippen molar-refractivity contribution in [1.82, 2.24) is 9.97 Å². The molecule has 1 aromatic carbocycles. The minimum Gasteiger partial charge on any atom is -0.508 e. The molecule has 0 saturated heterocycles. The van der Waals surface area contributed by atoms with Gasteiger partial charge in [-0.3, -0.25) is 4.98 Å². The van der Waals surface area contributed by atoms with Crippen LogP contribution in [0.4, 0.5) is 11.5 Å². The van der Waals surface area contributed by atoms with Crippen LogP contribution in [0, 0.1) is 0 Å². The highest BCUT2D eigenvalue weighted by Gasteiger charge is 2.11. The molecule has 0 unspecified atom stereocenters. The van der Waals surface area contributed by atoms with E-state index in [0.717, 1.165) is 17.1 Å². The molecule has 21 heavy (non-hydrogen) atoms. The van der Waals surface area contributed by atoms with Gasteiger partial charge in [-0.25, -0.2) is 4.98 Å². The van der Waals surface area contributed by atoms with E-state index in [1.165, 1.54) is 0 Å². The van der Waals surface area contributed by atoms with E-state index < -0.39 is 0 Å². The number of phenolic OH excluding ortho intramolecular Hbond substituents is 1. The zero-order chi connectivity index (χ0) is 14.5. The van der Waals surface area contributed by atoms with Crippen LogP contribution in [0.2, 0.25) is 0 Å². The van der Waals surface area contributed by atoms with Gasteiger partial charge in [0.05, 0.1) is 0 Å². The van der Waals surface area contributed by atoms with Gasteiger partial charge in [0.15, 0.2) is 0 Å². The van der Waals surface area contributed by atoms with Gasteiger partial charge in [-0.1, -0.05) is 12.1 Å². The predicted molar refractivity (Wildman–Crippen MR) is 82.4 cm³/mol. The fourth-order valence-electron chi connectivity index (χ4n) is 2.15. The number of aromatic nitrogens is 2. The molecule has 2 heterocycles. The van der Waals surface area contributed by atoms with Crippen LogP contribution in [-0.2, 0) is 6.54 Å². The fourth-order valence-corrected chi connectivity index (χ4v) is 2.15. The lowest BCUT2D eigenvalue weighted by Crippen LogP contribution is -2.17. The zero-order valence-corrected chi connectivity index (χ0v) is 11.4. The van der Waals surface area contributed by atoms with E-state index in [1.54, 1.807) is 30.7 Å². The summed E-state index contributed by atoms with van der Waals surface area (Å²) < 4.78 is 0. The Bertz CT molecular complexity index is 701. The summed E-state index contributed by atoms with van der Waals surface area (Å²) in [6, 6.07) is 16.9. The van der Waals surface area contributed by atoms with Crippen LogP contribution in [0.1, 0.15) is 5.56 Å². The van der Waals surface area contributed by atoms with E-state index >= 15 is 0 Å². The van der Waals surface area contributed by atoms with Crippen molar-refractivity contribution >= 4 is 11.5 Å². The van der Waals surface area contributed by atoms with Gasteiger partial charge >= 0.3 is 0 Å². The topological polar surface area (TPSA) is 49.2 Å². The van der Waals surface area contributed by atoms with E-state index in [9.17, 15) is 5.11 Å². The Morgan fingerprint density at radius 3 is 2.48 bits per heavy atom. The van der Waals surface area contributed by atoms with E-state index in [4.69, 9.17) is 0 Å². The molecule has 0 aliphatic rings. The van der Waals surface area contributed by atoms with E-state index in [-0.39, 0.29) is 5.75 Å². The van der Waals surface area contributed by atoms with Gasteiger partial charge in [0.25, 0.3) is 0 Å². The maximum Gasteiger partial charge on any atom is 0.133 e.